The van der Waals surface area contributed by atoms with Gasteiger partial charge in [-0.2, -0.15) is 0 Å². The Morgan fingerprint density at radius 3 is 1.88 bits per heavy atom. The minimum absolute atomic E-state index is 0.0258. The Labute approximate surface area is 101 Å². The number of hydrogen-bond acceptors (Lipinski definition) is 2. The zero-order chi connectivity index (χ0) is 12.4. The van der Waals surface area contributed by atoms with E-state index in [9.17, 15) is 0 Å². The first-order valence-corrected chi connectivity index (χ1v) is 6.66. The van der Waals surface area contributed by atoms with Gasteiger partial charge in [0.2, 0.25) is 0 Å². The van der Waals surface area contributed by atoms with Crippen LogP contribution in [0.1, 0.15) is 54.4 Å². The minimum Gasteiger partial charge on any atom is -0.366 e. The lowest BCUT2D eigenvalue weighted by Gasteiger charge is -2.47. The van der Waals surface area contributed by atoms with Crippen LogP contribution in [0, 0.1) is 11.8 Å². The summed E-state index contributed by atoms with van der Waals surface area (Å²) in [5, 5.41) is 3.55. The Balaban J connectivity index is 2.77. The first kappa shape index (κ1) is 14.0. The van der Waals surface area contributed by atoms with Crippen LogP contribution in [0.15, 0.2) is 0 Å². The van der Waals surface area contributed by atoms with E-state index in [0.717, 1.165) is 25.9 Å². The molecule has 0 spiro atoms. The summed E-state index contributed by atoms with van der Waals surface area (Å²) in [7, 11) is 0. The molecule has 1 rings (SSSR count). The maximum absolute atomic E-state index is 6.42. The van der Waals surface area contributed by atoms with Crippen molar-refractivity contribution in [3.8, 4) is 0 Å². The summed E-state index contributed by atoms with van der Waals surface area (Å²) in [4.78, 5) is 0. The third-order valence-corrected chi connectivity index (χ3v) is 3.05. The van der Waals surface area contributed by atoms with Gasteiger partial charge < -0.3 is 10.1 Å². The van der Waals surface area contributed by atoms with Crippen molar-refractivity contribution >= 4 is 0 Å². The largest absolute Gasteiger partial charge is 0.366 e. The van der Waals surface area contributed by atoms with Crippen molar-refractivity contribution < 1.29 is 4.74 Å². The molecule has 1 N–H and O–H groups in total. The predicted molar refractivity (Wildman–Crippen MR) is 69.7 cm³/mol. The lowest BCUT2D eigenvalue weighted by atomic mass is 9.82. The molecule has 2 nitrogen and oxygen atoms in total. The SMILES string of the molecule is CC(C)CC1(CC(C)C)CNCC(C)(C)O1. The van der Waals surface area contributed by atoms with E-state index in [4.69, 9.17) is 4.74 Å². The lowest BCUT2D eigenvalue weighted by molar-refractivity contribution is -0.176. The van der Waals surface area contributed by atoms with Crippen LogP contribution in [-0.4, -0.2) is 24.3 Å². The molecule has 0 aromatic carbocycles. The normalized spacial score (nSPS) is 24.0. The van der Waals surface area contributed by atoms with E-state index in [1.165, 1.54) is 0 Å². The molecule has 0 amide bonds. The fourth-order valence-electron chi connectivity index (χ4n) is 3.05. The topological polar surface area (TPSA) is 21.3 Å². The molecule has 0 unspecified atom stereocenters. The summed E-state index contributed by atoms with van der Waals surface area (Å²) in [6.07, 6.45) is 2.31. The smallest absolute Gasteiger partial charge is 0.0819 e. The van der Waals surface area contributed by atoms with Crippen molar-refractivity contribution in [1.82, 2.24) is 5.32 Å². The van der Waals surface area contributed by atoms with Crippen molar-refractivity contribution in [3.63, 3.8) is 0 Å². The summed E-state index contributed by atoms with van der Waals surface area (Å²) in [6, 6.07) is 0. The molecule has 0 atom stereocenters. The van der Waals surface area contributed by atoms with Gasteiger partial charge in [0.1, 0.15) is 0 Å². The average Bonchev–Trinajstić information content (AvgIpc) is 1.96. The Morgan fingerprint density at radius 2 is 1.50 bits per heavy atom. The highest BCUT2D eigenvalue weighted by molar-refractivity contribution is 4.94. The second-order valence-corrected chi connectivity index (χ2v) is 6.84. The Hall–Kier alpha value is -0.0800. The molecule has 0 aliphatic carbocycles. The van der Waals surface area contributed by atoms with Crippen molar-refractivity contribution in [3.05, 3.63) is 0 Å². The quantitative estimate of drug-likeness (QED) is 0.796. The first-order valence-electron chi connectivity index (χ1n) is 6.66. The van der Waals surface area contributed by atoms with E-state index in [0.29, 0.717) is 11.8 Å². The molecule has 0 aromatic heterocycles. The fraction of sp³-hybridized carbons (Fsp3) is 1.00. The van der Waals surface area contributed by atoms with E-state index < -0.39 is 0 Å². The fourth-order valence-corrected chi connectivity index (χ4v) is 3.05. The van der Waals surface area contributed by atoms with Crippen LogP contribution in [0.2, 0.25) is 0 Å². The summed E-state index contributed by atoms with van der Waals surface area (Å²) in [5.41, 5.74) is 0.0200. The van der Waals surface area contributed by atoms with Gasteiger partial charge in [0.15, 0.2) is 0 Å². The van der Waals surface area contributed by atoms with E-state index >= 15 is 0 Å². The highest BCUT2D eigenvalue weighted by Crippen LogP contribution is 2.34. The van der Waals surface area contributed by atoms with E-state index in [1.54, 1.807) is 0 Å². The molecule has 16 heavy (non-hydrogen) atoms. The molecule has 0 saturated carbocycles. The maximum Gasteiger partial charge on any atom is 0.0819 e. The standard InChI is InChI=1S/C14H29NO/c1-11(2)7-14(8-12(3)4)10-15-9-13(5,6)16-14/h11-12,15H,7-10H2,1-6H3. The number of morpholine rings is 1. The van der Waals surface area contributed by atoms with Crippen molar-refractivity contribution in [1.29, 1.82) is 0 Å². The molecule has 1 aliphatic rings. The van der Waals surface area contributed by atoms with Crippen LogP contribution in [0.3, 0.4) is 0 Å². The molecule has 1 heterocycles. The number of nitrogens with one attached hydrogen (secondary N) is 1. The van der Waals surface area contributed by atoms with E-state index in [-0.39, 0.29) is 11.2 Å². The third-order valence-electron chi connectivity index (χ3n) is 3.05. The van der Waals surface area contributed by atoms with Crippen LogP contribution in [0.5, 0.6) is 0 Å². The number of hydrogen-bond donors (Lipinski definition) is 1. The Morgan fingerprint density at radius 1 is 1.00 bits per heavy atom. The van der Waals surface area contributed by atoms with Gasteiger partial charge in [-0.1, -0.05) is 27.7 Å². The van der Waals surface area contributed by atoms with Gasteiger partial charge in [-0.05, 0) is 38.5 Å². The highest BCUT2D eigenvalue weighted by atomic mass is 16.5. The second kappa shape index (κ2) is 5.05. The maximum atomic E-state index is 6.42. The second-order valence-electron chi connectivity index (χ2n) is 6.84. The number of ether oxygens (including phenoxy) is 1. The molecule has 0 aromatic rings. The summed E-state index contributed by atoms with van der Waals surface area (Å²) < 4.78 is 6.42. The molecule has 1 aliphatic heterocycles. The van der Waals surface area contributed by atoms with Gasteiger partial charge in [-0.25, -0.2) is 0 Å². The lowest BCUT2D eigenvalue weighted by Crippen LogP contribution is -2.59. The van der Waals surface area contributed by atoms with Crippen molar-refractivity contribution in [2.24, 2.45) is 11.8 Å². The summed E-state index contributed by atoms with van der Waals surface area (Å²) in [6.45, 7) is 15.5. The van der Waals surface area contributed by atoms with Gasteiger partial charge in [-0.15, -0.1) is 0 Å². The highest BCUT2D eigenvalue weighted by Gasteiger charge is 2.41. The summed E-state index contributed by atoms with van der Waals surface area (Å²) in [5.74, 6) is 1.38. The Bertz CT molecular complexity index is 211. The van der Waals surface area contributed by atoms with Crippen LogP contribution in [0.25, 0.3) is 0 Å². The zero-order valence-electron chi connectivity index (χ0n) is 11.9. The molecule has 96 valence electrons. The van der Waals surface area contributed by atoms with Gasteiger partial charge >= 0.3 is 0 Å². The minimum atomic E-state index is -0.0258. The van der Waals surface area contributed by atoms with Gasteiger partial charge in [0, 0.05) is 13.1 Å². The predicted octanol–water partition coefficient (Wildman–Crippen LogP) is 3.22. The van der Waals surface area contributed by atoms with Crippen LogP contribution in [-0.2, 0) is 4.74 Å². The molecular weight excluding hydrogens is 198 g/mol. The molecule has 1 saturated heterocycles. The average molecular weight is 227 g/mol. The molecule has 0 bridgehead atoms. The molecule has 1 fully saturated rings. The van der Waals surface area contributed by atoms with Gasteiger partial charge in [0.25, 0.3) is 0 Å². The van der Waals surface area contributed by atoms with E-state index in [2.05, 4.69) is 46.9 Å². The Kier molecular flexibility index (Phi) is 4.42. The molecular formula is C14H29NO. The third kappa shape index (κ3) is 4.06. The van der Waals surface area contributed by atoms with Gasteiger partial charge in [-0.3, -0.25) is 0 Å². The molecule has 0 radical (unpaired) electrons. The first-order chi connectivity index (χ1) is 7.25. The number of rotatable bonds is 4. The van der Waals surface area contributed by atoms with Gasteiger partial charge in [0.05, 0.1) is 11.2 Å². The van der Waals surface area contributed by atoms with Crippen molar-refractivity contribution in [2.45, 2.75) is 65.6 Å². The van der Waals surface area contributed by atoms with Crippen molar-refractivity contribution in [2.75, 3.05) is 13.1 Å². The monoisotopic (exact) mass is 227 g/mol. The van der Waals surface area contributed by atoms with Crippen LogP contribution >= 0.6 is 0 Å². The molecule has 2 heteroatoms. The van der Waals surface area contributed by atoms with Crippen LogP contribution < -0.4 is 5.32 Å². The zero-order valence-corrected chi connectivity index (χ0v) is 11.9. The van der Waals surface area contributed by atoms with Crippen LogP contribution in [0.4, 0.5) is 0 Å². The summed E-state index contributed by atoms with van der Waals surface area (Å²) >= 11 is 0. The van der Waals surface area contributed by atoms with E-state index in [1.807, 2.05) is 0 Å².